The van der Waals surface area contributed by atoms with Crippen molar-refractivity contribution in [3.63, 3.8) is 0 Å². The highest BCUT2D eigenvalue weighted by Crippen LogP contribution is 2.26. The van der Waals surface area contributed by atoms with Crippen LogP contribution in [0.25, 0.3) is 0 Å². The molecule has 0 radical (unpaired) electrons. The molecule has 0 aliphatic carbocycles. The minimum Gasteiger partial charge on any atom is -0.494 e. The molecule has 24 heavy (non-hydrogen) atoms. The maximum Gasteiger partial charge on any atom is 0.289 e. The molecular weight excluding hydrogens is 332 g/mol. The largest absolute Gasteiger partial charge is 0.494 e. The maximum atomic E-state index is 12.4. The molecule has 7 nitrogen and oxygen atoms in total. The van der Waals surface area contributed by atoms with Gasteiger partial charge in [0.1, 0.15) is 5.75 Å². The van der Waals surface area contributed by atoms with Crippen molar-refractivity contribution in [3.05, 3.63) is 58.6 Å². The number of nitro benzene ring substituents is 1. The Morgan fingerprint density at radius 1 is 1.12 bits per heavy atom. The van der Waals surface area contributed by atoms with Gasteiger partial charge in [0, 0.05) is 11.8 Å². The van der Waals surface area contributed by atoms with Crippen LogP contribution in [0.15, 0.2) is 53.4 Å². The van der Waals surface area contributed by atoms with E-state index in [1.807, 2.05) is 0 Å². The van der Waals surface area contributed by atoms with Crippen molar-refractivity contribution in [3.8, 4) is 5.75 Å². The number of unbranched alkanes of at least 4 members (excludes halogenated alkanes) is 1. The summed E-state index contributed by atoms with van der Waals surface area (Å²) in [6, 6.07) is 11.6. The van der Waals surface area contributed by atoms with Crippen molar-refractivity contribution in [2.45, 2.75) is 24.7 Å². The van der Waals surface area contributed by atoms with E-state index in [4.69, 9.17) is 4.74 Å². The van der Waals surface area contributed by atoms with Gasteiger partial charge in [-0.15, -0.1) is 0 Å². The number of ether oxygens (including phenoxy) is 1. The highest BCUT2D eigenvalue weighted by atomic mass is 32.2. The standard InChI is InChI=1S/C16H18N2O5S/c1-2-3-12-23-14-10-8-13(9-11-14)17-24(21,22)16-7-5-4-6-15(16)18(19)20/h4-11,17H,2-3,12H2,1H3. The summed E-state index contributed by atoms with van der Waals surface area (Å²) in [4.78, 5) is 9.89. The predicted octanol–water partition coefficient (Wildman–Crippen LogP) is 3.57. The molecule has 0 heterocycles. The van der Waals surface area contributed by atoms with Gasteiger partial charge in [0.25, 0.3) is 15.7 Å². The van der Waals surface area contributed by atoms with Crippen LogP contribution in [-0.4, -0.2) is 19.9 Å². The molecule has 0 fully saturated rings. The van der Waals surface area contributed by atoms with E-state index >= 15 is 0 Å². The molecule has 2 rings (SSSR count). The van der Waals surface area contributed by atoms with E-state index in [-0.39, 0.29) is 4.90 Å². The number of nitrogens with zero attached hydrogens (tertiary/aromatic N) is 1. The third-order valence-corrected chi connectivity index (χ3v) is 4.65. The van der Waals surface area contributed by atoms with Crippen molar-refractivity contribution >= 4 is 21.4 Å². The summed E-state index contributed by atoms with van der Waals surface area (Å²) >= 11 is 0. The Morgan fingerprint density at radius 2 is 1.79 bits per heavy atom. The van der Waals surface area contributed by atoms with E-state index in [0.717, 1.165) is 18.9 Å². The van der Waals surface area contributed by atoms with Gasteiger partial charge in [-0.2, -0.15) is 0 Å². The van der Waals surface area contributed by atoms with Gasteiger partial charge in [0.2, 0.25) is 0 Å². The average Bonchev–Trinajstić information content (AvgIpc) is 2.56. The normalized spacial score (nSPS) is 11.0. The third kappa shape index (κ3) is 4.45. The summed E-state index contributed by atoms with van der Waals surface area (Å²) in [5, 5.41) is 11.0. The van der Waals surface area contributed by atoms with Crippen LogP contribution in [0.2, 0.25) is 0 Å². The summed E-state index contributed by atoms with van der Waals surface area (Å²) in [5.74, 6) is 0.636. The van der Waals surface area contributed by atoms with Crippen LogP contribution in [0, 0.1) is 10.1 Å². The van der Waals surface area contributed by atoms with E-state index in [1.54, 1.807) is 24.3 Å². The van der Waals surface area contributed by atoms with Crippen LogP contribution in [0.3, 0.4) is 0 Å². The van der Waals surface area contributed by atoms with Crippen molar-refractivity contribution in [1.82, 2.24) is 0 Å². The molecule has 0 saturated carbocycles. The number of nitro groups is 1. The minimum absolute atomic E-state index is 0.302. The summed E-state index contributed by atoms with van der Waals surface area (Å²) < 4.78 is 32.6. The van der Waals surface area contributed by atoms with Crippen LogP contribution in [0.4, 0.5) is 11.4 Å². The number of nitrogens with one attached hydrogen (secondary N) is 1. The molecule has 0 unspecified atom stereocenters. The lowest BCUT2D eigenvalue weighted by Gasteiger charge is -2.10. The molecular formula is C16H18N2O5S. The molecule has 0 saturated heterocycles. The minimum atomic E-state index is -4.06. The van der Waals surface area contributed by atoms with E-state index in [0.29, 0.717) is 18.0 Å². The third-order valence-electron chi connectivity index (χ3n) is 3.22. The number of hydrogen-bond acceptors (Lipinski definition) is 5. The monoisotopic (exact) mass is 350 g/mol. The zero-order valence-electron chi connectivity index (χ0n) is 13.1. The zero-order valence-corrected chi connectivity index (χ0v) is 14.0. The summed E-state index contributed by atoms with van der Waals surface area (Å²) in [7, 11) is -4.06. The van der Waals surface area contributed by atoms with Crippen molar-refractivity contribution in [2.24, 2.45) is 0 Å². The summed E-state index contributed by atoms with van der Waals surface area (Å²) in [5.41, 5.74) is -0.166. The Labute approximate surface area is 140 Å². The molecule has 0 amide bonds. The molecule has 0 bridgehead atoms. The van der Waals surface area contributed by atoms with Crippen molar-refractivity contribution in [1.29, 1.82) is 0 Å². The smallest absolute Gasteiger partial charge is 0.289 e. The van der Waals surface area contributed by atoms with E-state index in [1.165, 1.54) is 18.2 Å². The molecule has 1 N–H and O–H groups in total. The lowest BCUT2D eigenvalue weighted by atomic mass is 10.3. The second-order valence-electron chi connectivity index (χ2n) is 5.06. The van der Waals surface area contributed by atoms with Crippen LogP contribution >= 0.6 is 0 Å². The first-order valence-electron chi connectivity index (χ1n) is 7.43. The first kappa shape index (κ1) is 17.7. The highest BCUT2D eigenvalue weighted by Gasteiger charge is 2.25. The van der Waals surface area contributed by atoms with Crippen LogP contribution < -0.4 is 9.46 Å². The van der Waals surface area contributed by atoms with Gasteiger partial charge in [-0.05, 0) is 36.8 Å². The number of sulfonamides is 1. The van der Waals surface area contributed by atoms with Crippen molar-refractivity contribution < 1.29 is 18.1 Å². The topological polar surface area (TPSA) is 98.5 Å². The van der Waals surface area contributed by atoms with Gasteiger partial charge < -0.3 is 4.74 Å². The Morgan fingerprint density at radius 3 is 2.42 bits per heavy atom. The van der Waals surface area contributed by atoms with E-state index in [2.05, 4.69) is 11.6 Å². The summed E-state index contributed by atoms with van der Waals surface area (Å²) in [6.07, 6.45) is 1.96. The van der Waals surface area contributed by atoms with Crippen LogP contribution in [0.1, 0.15) is 19.8 Å². The first-order chi connectivity index (χ1) is 11.4. The fraction of sp³-hybridized carbons (Fsp3) is 0.250. The number of anilines is 1. The predicted molar refractivity (Wildman–Crippen MR) is 90.7 cm³/mol. The van der Waals surface area contributed by atoms with E-state index in [9.17, 15) is 18.5 Å². The fourth-order valence-electron chi connectivity index (χ4n) is 2.00. The lowest BCUT2D eigenvalue weighted by molar-refractivity contribution is -0.387. The molecule has 0 aliphatic rings. The SMILES string of the molecule is CCCCOc1ccc(NS(=O)(=O)c2ccccc2[N+](=O)[O-])cc1. The van der Waals surface area contributed by atoms with Gasteiger partial charge in [-0.3, -0.25) is 14.8 Å². The van der Waals surface area contributed by atoms with Gasteiger partial charge >= 0.3 is 0 Å². The van der Waals surface area contributed by atoms with Gasteiger partial charge in [-0.25, -0.2) is 8.42 Å². The van der Waals surface area contributed by atoms with Gasteiger partial charge in [-0.1, -0.05) is 25.5 Å². The van der Waals surface area contributed by atoms with Crippen molar-refractivity contribution in [2.75, 3.05) is 11.3 Å². The summed E-state index contributed by atoms with van der Waals surface area (Å²) in [6.45, 7) is 2.65. The Hall–Kier alpha value is -2.61. The Kier molecular flexibility index (Phi) is 5.75. The molecule has 2 aromatic rings. The Bertz CT molecular complexity index is 803. The van der Waals surface area contributed by atoms with E-state index < -0.39 is 20.6 Å². The average molecular weight is 350 g/mol. The van der Waals surface area contributed by atoms with Crippen LogP contribution in [-0.2, 0) is 10.0 Å². The Balaban J connectivity index is 2.16. The lowest BCUT2D eigenvalue weighted by Crippen LogP contribution is -2.14. The van der Waals surface area contributed by atoms with Crippen LogP contribution in [0.5, 0.6) is 5.75 Å². The second-order valence-corrected chi connectivity index (χ2v) is 6.71. The molecule has 0 atom stereocenters. The van der Waals surface area contributed by atoms with Gasteiger partial charge in [0.15, 0.2) is 4.90 Å². The molecule has 0 aromatic heterocycles. The van der Waals surface area contributed by atoms with Gasteiger partial charge in [0.05, 0.1) is 11.5 Å². The quantitative estimate of drug-likeness (QED) is 0.446. The molecule has 128 valence electrons. The second kappa shape index (κ2) is 7.78. The number of benzene rings is 2. The number of hydrogen-bond donors (Lipinski definition) is 1. The zero-order chi connectivity index (χ0) is 17.6. The molecule has 2 aromatic carbocycles. The fourth-order valence-corrected chi connectivity index (χ4v) is 3.23. The maximum absolute atomic E-state index is 12.4. The molecule has 0 spiro atoms. The molecule has 0 aliphatic heterocycles. The number of para-hydroxylation sites is 1. The molecule has 8 heteroatoms. The highest BCUT2D eigenvalue weighted by molar-refractivity contribution is 7.92. The number of rotatable bonds is 8. The first-order valence-corrected chi connectivity index (χ1v) is 8.91.